The Labute approximate surface area is 155 Å². The van der Waals surface area contributed by atoms with E-state index in [1.807, 2.05) is 49.4 Å². The number of para-hydroxylation sites is 1. The molecule has 0 saturated carbocycles. The first-order chi connectivity index (χ1) is 12.0. The number of hydrogen-bond donors (Lipinski definition) is 0. The predicted octanol–water partition coefficient (Wildman–Crippen LogP) is 4.89. The van der Waals surface area contributed by atoms with Gasteiger partial charge in [0.15, 0.2) is 12.4 Å². The lowest BCUT2D eigenvalue weighted by atomic mass is 10.2. The van der Waals surface area contributed by atoms with Gasteiger partial charge in [-0.25, -0.2) is 4.98 Å². The normalized spacial score (nSPS) is 10.7. The van der Waals surface area contributed by atoms with Gasteiger partial charge in [-0.15, -0.1) is 0 Å². The van der Waals surface area contributed by atoms with E-state index in [0.717, 1.165) is 16.8 Å². The summed E-state index contributed by atoms with van der Waals surface area (Å²) in [6.07, 6.45) is 0. The molecule has 3 aromatic rings. The smallest absolute Gasteiger partial charge is 0.264 e. The second kappa shape index (κ2) is 7.30. The predicted molar refractivity (Wildman–Crippen MR) is 102 cm³/mol. The van der Waals surface area contributed by atoms with Gasteiger partial charge in [0, 0.05) is 23.8 Å². The highest BCUT2D eigenvalue weighted by Gasteiger charge is 2.17. The van der Waals surface area contributed by atoms with Crippen molar-refractivity contribution in [3.8, 4) is 5.75 Å². The molecule has 1 amide bonds. The second-order valence-electron chi connectivity index (χ2n) is 5.60. The molecule has 0 N–H and O–H groups in total. The van der Waals surface area contributed by atoms with Crippen molar-refractivity contribution in [1.29, 1.82) is 0 Å². The molecule has 0 aliphatic carbocycles. The van der Waals surface area contributed by atoms with Gasteiger partial charge in [-0.2, -0.15) is 0 Å². The minimum absolute atomic E-state index is 0.155. The van der Waals surface area contributed by atoms with Crippen molar-refractivity contribution in [3.63, 3.8) is 0 Å². The number of aromatic nitrogens is 1. The fourth-order valence-corrected chi connectivity index (χ4v) is 3.02. The van der Waals surface area contributed by atoms with E-state index < -0.39 is 0 Å². The molecular weight excluding hydrogens is 359 g/mol. The molecule has 128 valence electrons. The third-order valence-corrected chi connectivity index (χ3v) is 4.43. The minimum atomic E-state index is -0.196. The van der Waals surface area contributed by atoms with E-state index in [1.54, 1.807) is 13.1 Å². The maximum atomic E-state index is 12.4. The number of pyridine rings is 1. The standard InChI is InChI=1S/C19H16Cl2N2O2/c1-12-8-9-14-15(20)10-16(21)19(18(14)22-12)25-11-17(24)23(2)13-6-4-3-5-7-13/h3-10H,11H2,1-2H3. The van der Waals surface area contributed by atoms with Crippen molar-refractivity contribution in [1.82, 2.24) is 4.98 Å². The summed E-state index contributed by atoms with van der Waals surface area (Å²) in [4.78, 5) is 18.4. The molecule has 0 radical (unpaired) electrons. The molecule has 6 heteroatoms. The van der Waals surface area contributed by atoms with E-state index in [1.165, 1.54) is 4.90 Å². The first-order valence-electron chi connectivity index (χ1n) is 7.67. The zero-order valence-corrected chi connectivity index (χ0v) is 15.3. The average Bonchev–Trinajstić information content (AvgIpc) is 2.61. The van der Waals surface area contributed by atoms with Gasteiger partial charge < -0.3 is 9.64 Å². The fourth-order valence-electron chi connectivity index (χ4n) is 2.45. The van der Waals surface area contributed by atoms with Crippen LogP contribution in [0.5, 0.6) is 5.75 Å². The number of rotatable bonds is 4. The highest BCUT2D eigenvalue weighted by molar-refractivity contribution is 6.39. The highest BCUT2D eigenvalue weighted by atomic mass is 35.5. The van der Waals surface area contributed by atoms with Crippen molar-refractivity contribution in [3.05, 3.63) is 64.3 Å². The first-order valence-corrected chi connectivity index (χ1v) is 8.42. The van der Waals surface area contributed by atoms with Crippen LogP contribution in [0.15, 0.2) is 48.5 Å². The summed E-state index contributed by atoms with van der Waals surface area (Å²) in [6, 6.07) is 14.7. The van der Waals surface area contributed by atoms with Crippen LogP contribution in [0.2, 0.25) is 10.0 Å². The number of nitrogens with zero attached hydrogens (tertiary/aromatic N) is 2. The lowest BCUT2D eigenvalue weighted by Gasteiger charge is -2.18. The number of amides is 1. The van der Waals surface area contributed by atoms with Crippen LogP contribution in [-0.4, -0.2) is 24.5 Å². The van der Waals surface area contributed by atoms with Gasteiger partial charge in [0.1, 0.15) is 5.52 Å². The maximum Gasteiger partial charge on any atom is 0.264 e. The summed E-state index contributed by atoms with van der Waals surface area (Å²) in [5.41, 5.74) is 2.15. The minimum Gasteiger partial charge on any atom is -0.480 e. The number of anilines is 1. The highest BCUT2D eigenvalue weighted by Crippen LogP contribution is 2.37. The Morgan fingerprint density at radius 1 is 1.12 bits per heavy atom. The Hall–Kier alpha value is -2.30. The summed E-state index contributed by atoms with van der Waals surface area (Å²) in [5, 5.41) is 1.55. The van der Waals surface area contributed by atoms with Crippen molar-refractivity contribution < 1.29 is 9.53 Å². The first kappa shape index (κ1) is 17.5. The number of likely N-dealkylation sites (N-methyl/N-ethyl adjacent to an activating group) is 1. The number of carbonyl (C=O) groups is 1. The third-order valence-electron chi connectivity index (χ3n) is 3.83. The van der Waals surface area contributed by atoms with Crippen LogP contribution >= 0.6 is 23.2 Å². The van der Waals surface area contributed by atoms with Crippen molar-refractivity contribution >= 4 is 45.7 Å². The van der Waals surface area contributed by atoms with Crippen LogP contribution in [0.3, 0.4) is 0 Å². The van der Waals surface area contributed by atoms with Gasteiger partial charge in [-0.1, -0.05) is 41.4 Å². The van der Waals surface area contributed by atoms with Crippen LogP contribution in [0.1, 0.15) is 5.69 Å². The Balaban J connectivity index is 1.86. The SMILES string of the molecule is Cc1ccc2c(Cl)cc(Cl)c(OCC(=O)N(C)c3ccccc3)c2n1. The number of halogens is 2. The van der Waals surface area contributed by atoms with Gasteiger partial charge >= 0.3 is 0 Å². The summed E-state index contributed by atoms with van der Waals surface area (Å²) >= 11 is 12.5. The number of hydrogen-bond acceptors (Lipinski definition) is 3. The van der Waals surface area contributed by atoms with Crippen molar-refractivity contribution in [2.75, 3.05) is 18.6 Å². The second-order valence-corrected chi connectivity index (χ2v) is 6.41. The lowest BCUT2D eigenvalue weighted by Crippen LogP contribution is -2.31. The van der Waals surface area contributed by atoms with E-state index in [0.29, 0.717) is 21.3 Å². The molecule has 0 saturated heterocycles. The summed E-state index contributed by atoms with van der Waals surface area (Å²) in [6.45, 7) is 1.71. The largest absolute Gasteiger partial charge is 0.480 e. The summed E-state index contributed by atoms with van der Waals surface area (Å²) in [5.74, 6) is 0.164. The van der Waals surface area contributed by atoms with Gasteiger partial charge in [0.25, 0.3) is 5.91 Å². The Morgan fingerprint density at radius 3 is 2.56 bits per heavy atom. The Morgan fingerprint density at radius 2 is 1.84 bits per heavy atom. The van der Waals surface area contributed by atoms with E-state index >= 15 is 0 Å². The van der Waals surface area contributed by atoms with Gasteiger partial charge in [0.05, 0.1) is 10.0 Å². The molecule has 4 nitrogen and oxygen atoms in total. The average molecular weight is 375 g/mol. The van der Waals surface area contributed by atoms with E-state index in [2.05, 4.69) is 4.98 Å². The zero-order chi connectivity index (χ0) is 18.0. The molecular formula is C19H16Cl2N2O2. The lowest BCUT2D eigenvalue weighted by molar-refractivity contribution is -0.120. The number of carbonyl (C=O) groups excluding carboxylic acids is 1. The molecule has 3 rings (SSSR count). The van der Waals surface area contributed by atoms with Crippen LogP contribution in [0.25, 0.3) is 10.9 Å². The van der Waals surface area contributed by atoms with Gasteiger partial charge in [-0.3, -0.25) is 4.79 Å². The monoisotopic (exact) mass is 374 g/mol. The fraction of sp³-hybridized carbons (Fsp3) is 0.158. The molecule has 0 unspecified atom stereocenters. The molecule has 1 heterocycles. The van der Waals surface area contributed by atoms with Crippen LogP contribution in [0.4, 0.5) is 5.69 Å². The molecule has 2 aromatic carbocycles. The molecule has 0 bridgehead atoms. The van der Waals surface area contributed by atoms with Crippen LogP contribution in [0, 0.1) is 6.92 Å². The molecule has 1 aromatic heterocycles. The quantitative estimate of drug-likeness (QED) is 0.652. The maximum absolute atomic E-state index is 12.4. The van der Waals surface area contributed by atoms with E-state index in [9.17, 15) is 4.79 Å². The van der Waals surface area contributed by atoms with E-state index in [4.69, 9.17) is 27.9 Å². The molecule has 25 heavy (non-hydrogen) atoms. The zero-order valence-electron chi connectivity index (χ0n) is 13.8. The number of fused-ring (bicyclic) bond motifs is 1. The molecule has 0 atom stereocenters. The molecule has 0 aliphatic heterocycles. The summed E-state index contributed by atoms with van der Waals surface area (Å²) < 4.78 is 5.72. The summed E-state index contributed by atoms with van der Waals surface area (Å²) in [7, 11) is 1.70. The Bertz CT molecular complexity index is 930. The number of ether oxygens (including phenoxy) is 1. The number of aryl methyl sites for hydroxylation is 1. The Kier molecular flexibility index (Phi) is 5.11. The third kappa shape index (κ3) is 3.70. The van der Waals surface area contributed by atoms with Crippen molar-refractivity contribution in [2.45, 2.75) is 6.92 Å². The molecule has 0 fully saturated rings. The molecule has 0 spiro atoms. The topological polar surface area (TPSA) is 42.4 Å². The van der Waals surface area contributed by atoms with E-state index in [-0.39, 0.29) is 12.5 Å². The number of benzene rings is 2. The van der Waals surface area contributed by atoms with Crippen LogP contribution < -0.4 is 9.64 Å². The van der Waals surface area contributed by atoms with Crippen LogP contribution in [-0.2, 0) is 4.79 Å². The van der Waals surface area contributed by atoms with Gasteiger partial charge in [0.2, 0.25) is 0 Å². The van der Waals surface area contributed by atoms with Gasteiger partial charge in [-0.05, 0) is 37.3 Å². The molecule has 0 aliphatic rings. The van der Waals surface area contributed by atoms with Crippen molar-refractivity contribution in [2.24, 2.45) is 0 Å².